The van der Waals surface area contributed by atoms with Crippen molar-refractivity contribution in [1.29, 1.82) is 0 Å². The van der Waals surface area contributed by atoms with E-state index in [2.05, 4.69) is 4.98 Å². The molecular weight excluding hydrogens is 354 g/mol. The number of nitrogens with zero attached hydrogens (tertiary/aromatic N) is 2. The number of aryl methyl sites for hydroxylation is 2. The number of aromatic nitrogens is 2. The Morgan fingerprint density at radius 1 is 1.26 bits per heavy atom. The Balaban J connectivity index is 2.38. The Kier molecular flexibility index (Phi) is 4.85. The zero-order chi connectivity index (χ0) is 19.7. The lowest BCUT2D eigenvalue weighted by Crippen LogP contribution is -2.25. The normalized spacial score (nSPS) is 11.4. The summed E-state index contributed by atoms with van der Waals surface area (Å²) >= 11 is 0. The highest BCUT2D eigenvalue weighted by atomic mass is 19.1. The molecule has 0 radical (unpaired) electrons. The summed E-state index contributed by atoms with van der Waals surface area (Å²) in [6, 6.07) is 6.79. The average Bonchev–Trinajstić information content (AvgIpc) is 2.61. The number of hydrogen-bond acceptors (Lipinski definition) is 3. The lowest BCUT2D eigenvalue weighted by Gasteiger charge is -2.15. The molecule has 0 unspecified atom stereocenters. The largest absolute Gasteiger partial charge is 0.478 e. The maximum absolute atomic E-state index is 14.5. The summed E-state index contributed by atoms with van der Waals surface area (Å²) in [5.74, 6) is -2.21. The quantitative estimate of drug-likeness (QED) is 0.712. The van der Waals surface area contributed by atoms with Gasteiger partial charge in [0, 0.05) is 24.1 Å². The van der Waals surface area contributed by atoms with Crippen LogP contribution in [0.1, 0.15) is 23.9 Å². The Morgan fingerprint density at radius 2 is 2.00 bits per heavy atom. The molecule has 0 atom stereocenters. The van der Waals surface area contributed by atoms with Gasteiger partial charge in [-0.2, -0.15) is 0 Å². The van der Waals surface area contributed by atoms with E-state index in [4.69, 9.17) is 5.11 Å². The van der Waals surface area contributed by atoms with E-state index in [9.17, 15) is 18.4 Å². The summed E-state index contributed by atoms with van der Waals surface area (Å²) in [6.07, 6.45) is 2.17. The van der Waals surface area contributed by atoms with Crippen LogP contribution >= 0.6 is 0 Å². The number of aliphatic carboxylic acids is 1. The molecule has 5 nitrogen and oxygen atoms in total. The first-order valence-corrected chi connectivity index (χ1v) is 8.25. The number of benzene rings is 2. The van der Waals surface area contributed by atoms with Crippen LogP contribution in [0.4, 0.5) is 8.78 Å². The zero-order valence-corrected chi connectivity index (χ0v) is 14.7. The Labute approximate surface area is 153 Å². The first-order valence-electron chi connectivity index (χ1n) is 8.25. The molecule has 1 heterocycles. The minimum atomic E-state index is -1.24. The minimum Gasteiger partial charge on any atom is -0.478 e. The highest BCUT2D eigenvalue weighted by molar-refractivity contribution is 5.87. The third kappa shape index (κ3) is 3.36. The number of fused-ring (bicyclic) bond motifs is 1. The lowest BCUT2D eigenvalue weighted by atomic mass is 10.1. The molecular formula is C20H16F2N2O3. The smallest absolute Gasteiger partial charge is 0.328 e. The second-order valence-electron chi connectivity index (χ2n) is 5.99. The van der Waals surface area contributed by atoms with E-state index in [-0.39, 0.29) is 22.2 Å². The summed E-state index contributed by atoms with van der Waals surface area (Å²) in [4.78, 5) is 28.1. The Morgan fingerprint density at radius 3 is 2.63 bits per heavy atom. The molecule has 3 rings (SSSR count). The molecule has 0 aliphatic rings. The maximum atomic E-state index is 14.5. The van der Waals surface area contributed by atoms with Crippen LogP contribution in [0.3, 0.4) is 0 Å². The van der Waals surface area contributed by atoms with Gasteiger partial charge >= 0.3 is 5.97 Å². The van der Waals surface area contributed by atoms with Crippen LogP contribution in [-0.4, -0.2) is 20.6 Å². The van der Waals surface area contributed by atoms with Gasteiger partial charge in [-0.25, -0.2) is 18.6 Å². The van der Waals surface area contributed by atoms with E-state index >= 15 is 0 Å². The second-order valence-corrected chi connectivity index (χ2v) is 5.99. The van der Waals surface area contributed by atoms with E-state index in [0.29, 0.717) is 17.8 Å². The highest BCUT2D eigenvalue weighted by Crippen LogP contribution is 2.22. The number of carboxylic acids is 1. The molecule has 1 N–H and O–H groups in total. The van der Waals surface area contributed by atoms with Crippen molar-refractivity contribution in [1.82, 2.24) is 9.55 Å². The number of hydrogen-bond donors (Lipinski definition) is 1. The molecule has 0 fully saturated rings. The molecule has 2 aromatic carbocycles. The van der Waals surface area contributed by atoms with Gasteiger partial charge in [-0.05, 0) is 30.7 Å². The van der Waals surface area contributed by atoms with Crippen molar-refractivity contribution < 1.29 is 18.7 Å². The van der Waals surface area contributed by atoms with Gasteiger partial charge in [-0.15, -0.1) is 0 Å². The topological polar surface area (TPSA) is 72.2 Å². The van der Waals surface area contributed by atoms with Crippen molar-refractivity contribution in [3.05, 3.63) is 75.3 Å². The first kappa shape index (κ1) is 18.4. The van der Waals surface area contributed by atoms with E-state index in [1.165, 1.54) is 16.7 Å². The van der Waals surface area contributed by atoms with Crippen molar-refractivity contribution in [3.63, 3.8) is 0 Å². The number of carboxylic acid groups (broad SMARTS) is 1. The number of para-hydroxylation sites is 1. The Hall–Kier alpha value is -3.35. The molecule has 0 spiro atoms. The number of rotatable bonds is 4. The van der Waals surface area contributed by atoms with Gasteiger partial charge in [0.05, 0.1) is 16.6 Å². The Bertz CT molecular complexity index is 1130. The van der Waals surface area contributed by atoms with E-state index in [1.807, 2.05) is 0 Å². The van der Waals surface area contributed by atoms with Crippen LogP contribution in [0.15, 0.2) is 41.2 Å². The molecule has 0 aliphatic carbocycles. The van der Waals surface area contributed by atoms with Gasteiger partial charge in [0.2, 0.25) is 0 Å². The van der Waals surface area contributed by atoms with Gasteiger partial charge in [0.25, 0.3) is 5.56 Å². The average molecular weight is 370 g/mol. The van der Waals surface area contributed by atoms with Gasteiger partial charge in [0.1, 0.15) is 17.5 Å². The van der Waals surface area contributed by atoms with Crippen LogP contribution in [0.5, 0.6) is 0 Å². The number of halogens is 2. The van der Waals surface area contributed by atoms with Crippen molar-refractivity contribution in [2.45, 2.75) is 20.3 Å². The highest BCUT2D eigenvalue weighted by Gasteiger charge is 2.17. The molecule has 0 bridgehead atoms. The maximum Gasteiger partial charge on any atom is 0.328 e. The van der Waals surface area contributed by atoms with Crippen LogP contribution in [-0.2, 0) is 11.2 Å². The summed E-state index contributed by atoms with van der Waals surface area (Å²) in [7, 11) is 0. The van der Waals surface area contributed by atoms with E-state index in [0.717, 1.165) is 18.2 Å². The molecule has 138 valence electrons. The predicted octanol–water partition coefficient (Wildman–Crippen LogP) is 3.63. The van der Waals surface area contributed by atoms with Crippen LogP contribution in [0.2, 0.25) is 0 Å². The fraction of sp³-hybridized carbons (Fsp3) is 0.150. The van der Waals surface area contributed by atoms with Gasteiger partial charge in [0.15, 0.2) is 0 Å². The molecule has 0 aliphatic heterocycles. The summed E-state index contributed by atoms with van der Waals surface area (Å²) in [5, 5.41) is 8.80. The molecule has 7 heteroatoms. The fourth-order valence-corrected chi connectivity index (χ4v) is 2.93. The summed E-state index contributed by atoms with van der Waals surface area (Å²) in [5.41, 5.74) is 0.175. The zero-order valence-electron chi connectivity index (χ0n) is 14.7. The van der Waals surface area contributed by atoms with E-state index in [1.54, 1.807) is 26.0 Å². The number of carbonyl (C=O) groups is 1. The molecule has 3 aromatic rings. The minimum absolute atomic E-state index is 0.0649. The SMILES string of the molecule is CCc1nc2cc(F)c(/C=C/C(=O)O)cc2c(=O)n1-c1c(C)cccc1F. The monoisotopic (exact) mass is 370 g/mol. The molecule has 27 heavy (non-hydrogen) atoms. The third-order valence-electron chi connectivity index (χ3n) is 4.19. The molecule has 1 aromatic heterocycles. The van der Waals surface area contributed by atoms with Crippen LogP contribution in [0, 0.1) is 18.6 Å². The van der Waals surface area contributed by atoms with Crippen molar-refractivity contribution >= 4 is 22.9 Å². The van der Waals surface area contributed by atoms with Gasteiger partial charge in [-0.1, -0.05) is 19.1 Å². The lowest BCUT2D eigenvalue weighted by molar-refractivity contribution is -0.131. The first-order chi connectivity index (χ1) is 12.8. The molecule has 0 saturated carbocycles. The van der Waals surface area contributed by atoms with Gasteiger partial charge in [-0.3, -0.25) is 9.36 Å². The van der Waals surface area contributed by atoms with Crippen molar-refractivity contribution in [2.24, 2.45) is 0 Å². The van der Waals surface area contributed by atoms with Crippen LogP contribution in [0.25, 0.3) is 22.7 Å². The molecule has 0 saturated heterocycles. The van der Waals surface area contributed by atoms with Crippen LogP contribution < -0.4 is 5.56 Å². The molecule has 0 amide bonds. The standard InChI is InChI=1S/C20H16F2N2O3/c1-3-17-23-16-10-15(22)12(7-8-18(25)26)9-13(16)20(27)24(17)19-11(2)5-4-6-14(19)21/h4-10H,3H2,1-2H3,(H,25,26)/b8-7+. The summed E-state index contributed by atoms with van der Waals surface area (Å²) < 4.78 is 29.9. The second kappa shape index (κ2) is 7.11. The fourth-order valence-electron chi connectivity index (χ4n) is 2.93. The van der Waals surface area contributed by atoms with E-state index < -0.39 is 23.2 Å². The third-order valence-corrected chi connectivity index (χ3v) is 4.19. The van der Waals surface area contributed by atoms with Gasteiger partial charge < -0.3 is 5.11 Å². The predicted molar refractivity (Wildman–Crippen MR) is 98.0 cm³/mol. The van der Waals surface area contributed by atoms with Crippen molar-refractivity contribution in [2.75, 3.05) is 0 Å². The van der Waals surface area contributed by atoms with Crippen molar-refractivity contribution in [3.8, 4) is 5.69 Å². The summed E-state index contributed by atoms with van der Waals surface area (Å²) in [6.45, 7) is 3.45.